The van der Waals surface area contributed by atoms with Gasteiger partial charge < -0.3 is 15.1 Å². The number of carbonyl (C=O) groups is 1. The highest BCUT2D eigenvalue weighted by molar-refractivity contribution is 5.79. The normalized spacial score (nSPS) is 29.2. The van der Waals surface area contributed by atoms with Crippen molar-refractivity contribution in [2.24, 2.45) is 11.8 Å². The molecule has 0 radical (unpaired) electrons. The molecular formula is C15H29N3O. The molecule has 2 rings (SSSR count). The van der Waals surface area contributed by atoms with E-state index < -0.39 is 0 Å². The molecule has 0 spiro atoms. The SMILES string of the molecule is CCN(CC)C1CCN(C(=O)[C@@H]2CNC[C@H]2C)CC1. The lowest BCUT2D eigenvalue weighted by molar-refractivity contribution is -0.137. The number of likely N-dealkylation sites (tertiary alicyclic amines) is 1. The van der Waals surface area contributed by atoms with E-state index in [1.165, 1.54) is 0 Å². The van der Waals surface area contributed by atoms with Gasteiger partial charge in [0, 0.05) is 25.7 Å². The van der Waals surface area contributed by atoms with Crippen LogP contribution in [0, 0.1) is 11.8 Å². The topological polar surface area (TPSA) is 35.6 Å². The maximum absolute atomic E-state index is 12.5. The zero-order valence-electron chi connectivity index (χ0n) is 12.7. The van der Waals surface area contributed by atoms with E-state index in [4.69, 9.17) is 0 Å². The summed E-state index contributed by atoms with van der Waals surface area (Å²) in [6, 6.07) is 0.679. The molecule has 0 aromatic carbocycles. The highest BCUT2D eigenvalue weighted by Crippen LogP contribution is 2.22. The van der Waals surface area contributed by atoms with Crippen LogP contribution < -0.4 is 5.32 Å². The Balaban J connectivity index is 1.84. The van der Waals surface area contributed by atoms with Crippen LogP contribution in [-0.2, 0) is 4.79 Å². The summed E-state index contributed by atoms with van der Waals surface area (Å²) in [7, 11) is 0. The second-order valence-corrected chi connectivity index (χ2v) is 6.02. The molecule has 0 aliphatic carbocycles. The maximum Gasteiger partial charge on any atom is 0.227 e. The van der Waals surface area contributed by atoms with Gasteiger partial charge in [0.15, 0.2) is 0 Å². The largest absolute Gasteiger partial charge is 0.342 e. The zero-order chi connectivity index (χ0) is 13.8. The van der Waals surface area contributed by atoms with Gasteiger partial charge in [0.2, 0.25) is 5.91 Å². The predicted molar refractivity (Wildman–Crippen MR) is 78.0 cm³/mol. The number of nitrogens with one attached hydrogen (secondary N) is 1. The molecule has 0 bridgehead atoms. The molecule has 0 saturated carbocycles. The van der Waals surface area contributed by atoms with Crippen molar-refractivity contribution in [1.29, 1.82) is 0 Å². The summed E-state index contributed by atoms with van der Waals surface area (Å²) in [5, 5.41) is 3.33. The third-order valence-corrected chi connectivity index (χ3v) is 4.94. The second-order valence-electron chi connectivity index (χ2n) is 6.02. The smallest absolute Gasteiger partial charge is 0.227 e. The molecule has 2 heterocycles. The van der Waals surface area contributed by atoms with Gasteiger partial charge in [-0.25, -0.2) is 0 Å². The van der Waals surface area contributed by atoms with Crippen molar-refractivity contribution in [2.75, 3.05) is 39.3 Å². The maximum atomic E-state index is 12.5. The van der Waals surface area contributed by atoms with Crippen LogP contribution in [0.4, 0.5) is 0 Å². The van der Waals surface area contributed by atoms with Crippen molar-refractivity contribution in [1.82, 2.24) is 15.1 Å². The van der Waals surface area contributed by atoms with E-state index in [0.717, 1.165) is 52.1 Å². The Bertz CT molecular complexity index is 296. The fourth-order valence-corrected chi connectivity index (χ4v) is 3.57. The van der Waals surface area contributed by atoms with Crippen LogP contribution in [0.15, 0.2) is 0 Å². The molecule has 2 aliphatic rings. The minimum atomic E-state index is 0.213. The van der Waals surface area contributed by atoms with Crippen molar-refractivity contribution in [3.05, 3.63) is 0 Å². The Morgan fingerprint density at radius 1 is 1.21 bits per heavy atom. The van der Waals surface area contributed by atoms with E-state index in [2.05, 4.69) is 35.9 Å². The van der Waals surface area contributed by atoms with Gasteiger partial charge >= 0.3 is 0 Å². The van der Waals surface area contributed by atoms with Gasteiger partial charge in [-0.1, -0.05) is 20.8 Å². The van der Waals surface area contributed by atoms with Gasteiger partial charge in [0.05, 0.1) is 5.92 Å². The van der Waals surface area contributed by atoms with E-state index in [1.54, 1.807) is 0 Å². The van der Waals surface area contributed by atoms with E-state index in [0.29, 0.717) is 17.9 Å². The lowest BCUT2D eigenvalue weighted by Crippen LogP contribution is -2.48. The molecule has 2 atom stereocenters. The summed E-state index contributed by atoms with van der Waals surface area (Å²) in [6.45, 7) is 12.6. The minimum absolute atomic E-state index is 0.213. The second kappa shape index (κ2) is 6.71. The molecule has 0 aromatic rings. The van der Waals surface area contributed by atoms with E-state index in [-0.39, 0.29) is 5.92 Å². The molecular weight excluding hydrogens is 238 g/mol. The first-order valence-electron chi connectivity index (χ1n) is 7.90. The summed E-state index contributed by atoms with van der Waals surface area (Å²) >= 11 is 0. The fourth-order valence-electron chi connectivity index (χ4n) is 3.57. The fraction of sp³-hybridized carbons (Fsp3) is 0.933. The summed E-state index contributed by atoms with van der Waals surface area (Å²) < 4.78 is 0. The van der Waals surface area contributed by atoms with Crippen LogP contribution in [-0.4, -0.2) is 61.0 Å². The first-order chi connectivity index (χ1) is 9.17. The van der Waals surface area contributed by atoms with E-state index in [9.17, 15) is 4.79 Å². The van der Waals surface area contributed by atoms with E-state index >= 15 is 0 Å². The quantitative estimate of drug-likeness (QED) is 0.831. The molecule has 4 heteroatoms. The predicted octanol–water partition coefficient (Wildman–Crippen LogP) is 1.17. The first-order valence-corrected chi connectivity index (χ1v) is 7.90. The van der Waals surface area contributed by atoms with Gasteiger partial charge in [-0.3, -0.25) is 4.79 Å². The third-order valence-electron chi connectivity index (χ3n) is 4.94. The number of hydrogen-bond acceptors (Lipinski definition) is 3. The van der Waals surface area contributed by atoms with Crippen molar-refractivity contribution in [2.45, 2.75) is 39.7 Å². The Morgan fingerprint density at radius 3 is 2.32 bits per heavy atom. The van der Waals surface area contributed by atoms with Crippen LogP contribution in [0.25, 0.3) is 0 Å². The van der Waals surface area contributed by atoms with Gasteiger partial charge in [-0.15, -0.1) is 0 Å². The highest BCUT2D eigenvalue weighted by atomic mass is 16.2. The molecule has 1 N–H and O–H groups in total. The monoisotopic (exact) mass is 267 g/mol. The van der Waals surface area contributed by atoms with Crippen molar-refractivity contribution >= 4 is 5.91 Å². The Kier molecular flexibility index (Phi) is 5.22. The lowest BCUT2D eigenvalue weighted by Gasteiger charge is -2.38. The number of rotatable bonds is 4. The third kappa shape index (κ3) is 3.29. The standard InChI is InChI=1S/C15H29N3O/c1-4-17(5-2)13-6-8-18(9-7-13)15(19)14-11-16-10-12(14)3/h12-14,16H,4-11H2,1-3H3/t12-,14-/m1/s1. The average molecular weight is 267 g/mol. The lowest BCUT2D eigenvalue weighted by atomic mass is 9.94. The highest BCUT2D eigenvalue weighted by Gasteiger charge is 2.34. The Morgan fingerprint density at radius 2 is 1.84 bits per heavy atom. The minimum Gasteiger partial charge on any atom is -0.342 e. The molecule has 4 nitrogen and oxygen atoms in total. The van der Waals surface area contributed by atoms with Crippen LogP contribution in [0.5, 0.6) is 0 Å². The number of carbonyl (C=O) groups excluding carboxylic acids is 1. The molecule has 1 amide bonds. The molecule has 0 aromatic heterocycles. The zero-order valence-corrected chi connectivity index (χ0v) is 12.7. The van der Waals surface area contributed by atoms with Gasteiger partial charge in [-0.2, -0.15) is 0 Å². The molecule has 110 valence electrons. The van der Waals surface area contributed by atoms with Gasteiger partial charge in [-0.05, 0) is 38.4 Å². The van der Waals surface area contributed by atoms with Crippen molar-refractivity contribution in [3.63, 3.8) is 0 Å². The van der Waals surface area contributed by atoms with Gasteiger partial charge in [0.1, 0.15) is 0 Å². The van der Waals surface area contributed by atoms with Crippen molar-refractivity contribution in [3.8, 4) is 0 Å². The van der Waals surface area contributed by atoms with Crippen LogP contribution in [0.1, 0.15) is 33.6 Å². The number of piperidine rings is 1. The summed E-state index contributed by atoms with van der Waals surface area (Å²) in [4.78, 5) is 17.1. The Labute approximate surface area is 117 Å². The summed E-state index contributed by atoms with van der Waals surface area (Å²) in [5.74, 6) is 1.09. The van der Waals surface area contributed by atoms with E-state index in [1.807, 2.05) is 0 Å². The molecule has 2 aliphatic heterocycles. The molecule has 0 unspecified atom stereocenters. The number of hydrogen-bond donors (Lipinski definition) is 1. The van der Waals surface area contributed by atoms with Crippen molar-refractivity contribution < 1.29 is 4.79 Å². The number of amides is 1. The number of nitrogens with zero attached hydrogens (tertiary/aromatic N) is 2. The Hall–Kier alpha value is -0.610. The first kappa shape index (κ1) is 14.8. The van der Waals surface area contributed by atoms with Crippen LogP contribution >= 0.6 is 0 Å². The van der Waals surface area contributed by atoms with Gasteiger partial charge in [0.25, 0.3) is 0 Å². The molecule has 2 fully saturated rings. The van der Waals surface area contributed by atoms with Crippen LogP contribution in [0.2, 0.25) is 0 Å². The van der Waals surface area contributed by atoms with Crippen LogP contribution in [0.3, 0.4) is 0 Å². The molecule has 2 saturated heterocycles. The summed E-state index contributed by atoms with van der Waals surface area (Å²) in [5.41, 5.74) is 0. The molecule has 19 heavy (non-hydrogen) atoms. The average Bonchev–Trinajstić information content (AvgIpc) is 2.86. The summed E-state index contributed by atoms with van der Waals surface area (Å²) in [6.07, 6.45) is 2.28.